The van der Waals surface area contributed by atoms with Crippen molar-refractivity contribution in [2.75, 3.05) is 13.2 Å². The predicted molar refractivity (Wildman–Crippen MR) is 86.4 cm³/mol. The molecule has 0 aromatic heterocycles. The molecular weight excluding hydrogens is 312 g/mol. The number of ether oxygens (including phenoxy) is 2. The van der Waals surface area contributed by atoms with Gasteiger partial charge in [-0.2, -0.15) is 0 Å². The van der Waals surface area contributed by atoms with Gasteiger partial charge in [0.15, 0.2) is 13.2 Å². The number of carbonyl (C=O) groups is 3. The molecule has 1 fully saturated rings. The van der Waals surface area contributed by atoms with Gasteiger partial charge in [-0.05, 0) is 25.0 Å². The summed E-state index contributed by atoms with van der Waals surface area (Å²) in [7, 11) is 0. The molecule has 0 unspecified atom stereocenters. The maximum atomic E-state index is 11.7. The van der Waals surface area contributed by atoms with Crippen molar-refractivity contribution in [3.8, 4) is 5.75 Å². The van der Waals surface area contributed by atoms with Gasteiger partial charge >= 0.3 is 12.0 Å². The molecule has 1 aliphatic rings. The van der Waals surface area contributed by atoms with Crippen molar-refractivity contribution in [2.45, 2.75) is 38.1 Å². The first-order chi connectivity index (χ1) is 11.6. The van der Waals surface area contributed by atoms with Crippen molar-refractivity contribution >= 4 is 17.9 Å². The normalized spacial score (nSPS) is 14.5. The van der Waals surface area contributed by atoms with E-state index in [4.69, 9.17) is 9.47 Å². The van der Waals surface area contributed by atoms with Crippen molar-refractivity contribution in [1.29, 1.82) is 0 Å². The van der Waals surface area contributed by atoms with Crippen LogP contribution in [0.3, 0.4) is 0 Å². The topological polar surface area (TPSA) is 93.7 Å². The molecule has 0 heterocycles. The van der Waals surface area contributed by atoms with Crippen LogP contribution in [-0.2, 0) is 14.3 Å². The van der Waals surface area contributed by atoms with Gasteiger partial charge in [-0.15, -0.1) is 0 Å². The molecule has 130 valence electrons. The monoisotopic (exact) mass is 334 g/mol. The van der Waals surface area contributed by atoms with Gasteiger partial charge in [0, 0.05) is 6.04 Å². The van der Waals surface area contributed by atoms with Crippen molar-refractivity contribution in [3.63, 3.8) is 0 Å². The Kier molecular flexibility index (Phi) is 7.07. The van der Waals surface area contributed by atoms with E-state index in [0.29, 0.717) is 5.75 Å². The Hall–Kier alpha value is -2.57. The Morgan fingerprint density at radius 2 is 1.71 bits per heavy atom. The summed E-state index contributed by atoms with van der Waals surface area (Å²) in [5, 5.41) is 4.90. The third-order valence-corrected chi connectivity index (χ3v) is 3.66. The number of hydrogen-bond donors (Lipinski definition) is 2. The Balaban J connectivity index is 1.59. The number of benzene rings is 1. The first kappa shape index (κ1) is 17.8. The first-order valence-corrected chi connectivity index (χ1v) is 8.07. The molecule has 0 spiro atoms. The minimum atomic E-state index is -0.679. The van der Waals surface area contributed by atoms with E-state index in [1.165, 1.54) is 6.42 Å². The third kappa shape index (κ3) is 6.68. The highest BCUT2D eigenvalue weighted by atomic mass is 16.6. The van der Waals surface area contributed by atoms with Crippen LogP contribution in [0.5, 0.6) is 5.75 Å². The molecule has 0 radical (unpaired) electrons. The quantitative estimate of drug-likeness (QED) is 0.773. The first-order valence-electron chi connectivity index (χ1n) is 8.07. The summed E-state index contributed by atoms with van der Waals surface area (Å²) < 4.78 is 9.96. The lowest BCUT2D eigenvalue weighted by Crippen LogP contribution is -2.46. The lowest BCUT2D eigenvalue weighted by Gasteiger charge is -2.22. The predicted octanol–water partition coefficient (Wildman–Crippen LogP) is 1.77. The van der Waals surface area contributed by atoms with Crippen LogP contribution in [0.2, 0.25) is 0 Å². The highest BCUT2D eigenvalue weighted by Crippen LogP contribution is 2.17. The molecule has 1 saturated carbocycles. The van der Waals surface area contributed by atoms with E-state index in [1.807, 2.05) is 6.07 Å². The molecule has 1 aromatic carbocycles. The average Bonchev–Trinajstić information content (AvgIpc) is 2.60. The molecule has 1 aliphatic carbocycles. The van der Waals surface area contributed by atoms with Crippen LogP contribution in [0.4, 0.5) is 4.79 Å². The maximum Gasteiger partial charge on any atom is 0.344 e. The molecule has 3 amide bonds. The Labute approximate surface area is 140 Å². The second-order valence-electron chi connectivity index (χ2n) is 5.62. The van der Waals surface area contributed by atoms with Gasteiger partial charge in [-0.1, -0.05) is 37.5 Å². The standard InChI is InChI=1S/C17H22N2O5/c20-15(19-17(22)18-13-7-3-1-4-8-13)11-24-16(21)12-23-14-9-5-2-6-10-14/h2,5-6,9-10,13H,1,3-4,7-8,11-12H2,(H2,18,19,20,22). The fraction of sp³-hybridized carbons (Fsp3) is 0.471. The zero-order valence-electron chi connectivity index (χ0n) is 13.5. The van der Waals surface area contributed by atoms with Crippen molar-refractivity contribution in [3.05, 3.63) is 30.3 Å². The van der Waals surface area contributed by atoms with E-state index in [9.17, 15) is 14.4 Å². The van der Waals surface area contributed by atoms with Gasteiger partial charge in [0.05, 0.1) is 0 Å². The molecule has 7 nitrogen and oxygen atoms in total. The molecule has 0 bridgehead atoms. The Morgan fingerprint density at radius 3 is 2.42 bits per heavy atom. The number of hydrogen-bond acceptors (Lipinski definition) is 5. The molecule has 0 aliphatic heterocycles. The van der Waals surface area contributed by atoms with Gasteiger partial charge in [0.1, 0.15) is 5.75 Å². The zero-order valence-corrected chi connectivity index (χ0v) is 13.5. The molecule has 0 atom stereocenters. The number of esters is 1. The summed E-state index contributed by atoms with van der Waals surface area (Å²) in [6.45, 7) is -0.819. The van der Waals surface area contributed by atoms with Crippen molar-refractivity contribution in [2.24, 2.45) is 0 Å². The summed E-state index contributed by atoms with van der Waals surface area (Å²) in [4.78, 5) is 34.7. The number of urea groups is 1. The van der Waals surface area contributed by atoms with E-state index in [2.05, 4.69) is 10.6 Å². The van der Waals surface area contributed by atoms with Crippen LogP contribution in [0.25, 0.3) is 0 Å². The fourth-order valence-corrected chi connectivity index (χ4v) is 2.48. The second-order valence-corrected chi connectivity index (χ2v) is 5.62. The van der Waals surface area contributed by atoms with Crippen molar-refractivity contribution in [1.82, 2.24) is 10.6 Å². The van der Waals surface area contributed by atoms with Crippen molar-refractivity contribution < 1.29 is 23.9 Å². The zero-order chi connectivity index (χ0) is 17.2. The van der Waals surface area contributed by atoms with E-state index in [0.717, 1.165) is 25.7 Å². The summed E-state index contributed by atoms with van der Waals surface area (Å²) in [5.41, 5.74) is 0. The number of para-hydroxylation sites is 1. The van der Waals surface area contributed by atoms with Gasteiger partial charge in [-0.25, -0.2) is 9.59 Å². The molecule has 2 N–H and O–H groups in total. The van der Waals surface area contributed by atoms with Crippen LogP contribution < -0.4 is 15.4 Å². The average molecular weight is 334 g/mol. The molecule has 1 aromatic rings. The lowest BCUT2D eigenvalue weighted by atomic mass is 9.96. The second kappa shape index (κ2) is 9.54. The van der Waals surface area contributed by atoms with Crippen LogP contribution >= 0.6 is 0 Å². The highest BCUT2D eigenvalue weighted by Gasteiger charge is 2.17. The van der Waals surface area contributed by atoms with Gasteiger partial charge in [0.2, 0.25) is 0 Å². The summed E-state index contributed by atoms with van der Waals surface area (Å²) in [6, 6.07) is 8.34. The summed E-state index contributed by atoms with van der Waals surface area (Å²) in [6.07, 6.45) is 5.19. The highest BCUT2D eigenvalue weighted by molar-refractivity contribution is 5.95. The fourth-order valence-electron chi connectivity index (χ4n) is 2.48. The van der Waals surface area contributed by atoms with E-state index in [1.54, 1.807) is 24.3 Å². The van der Waals surface area contributed by atoms with E-state index < -0.39 is 24.5 Å². The number of nitrogens with one attached hydrogen (secondary N) is 2. The molecular formula is C17H22N2O5. The Bertz CT molecular complexity index is 555. The summed E-state index contributed by atoms with van der Waals surface area (Å²) in [5.74, 6) is -0.816. The number of carbonyl (C=O) groups excluding carboxylic acids is 3. The van der Waals surface area contributed by atoms with Crippen LogP contribution in [0.1, 0.15) is 32.1 Å². The maximum absolute atomic E-state index is 11.7. The number of imide groups is 1. The lowest BCUT2D eigenvalue weighted by molar-refractivity contribution is -0.150. The minimum Gasteiger partial charge on any atom is -0.482 e. The minimum absolute atomic E-state index is 0.105. The smallest absolute Gasteiger partial charge is 0.344 e. The molecule has 24 heavy (non-hydrogen) atoms. The van der Waals surface area contributed by atoms with Crippen LogP contribution in [-0.4, -0.2) is 37.2 Å². The molecule has 2 rings (SSSR count). The van der Waals surface area contributed by atoms with E-state index in [-0.39, 0.29) is 12.6 Å². The number of rotatable bonds is 6. The van der Waals surface area contributed by atoms with Gasteiger partial charge in [0.25, 0.3) is 5.91 Å². The van der Waals surface area contributed by atoms with Gasteiger partial charge < -0.3 is 14.8 Å². The molecule has 7 heteroatoms. The molecule has 0 saturated heterocycles. The van der Waals surface area contributed by atoms with E-state index >= 15 is 0 Å². The SMILES string of the molecule is O=C(COC(=O)COc1ccccc1)NC(=O)NC1CCCCC1. The summed E-state index contributed by atoms with van der Waals surface area (Å²) >= 11 is 0. The number of amides is 3. The largest absolute Gasteiger partial charge is 0.482 e. The van der Waals surface area contributed by atoms with Crippen LogP contribution in [0, 0.1) is 0 Å². The third-order valence-electron chi connectivity index (χ3n) is 3.66. The van der Waals surface area contributed by atoms with Gasteiger partial charge in [-0.3, -0.25) is 10.1 Å². The van der Waals surface area contributed by atoms with Crippen LogP contribution in [0.15, 0.2) is 30.3 Å². The Morgan fingerprint density at radius 1 is 1.00 bits per heavy atom.